The SMILES string of the molecule is COc1ccccc1Cn1c(=O)c2ccccc2n2c(SCC(=O)N(C)C3CCCCC3)nnc12. The number of amides is 1. The molecule has 1 aliphatic rings. The van der Waals surface area contributed by atoms with Crippen molar-refractivity contribution in [1.82, 2.24) is 24.1 Å². The van der Waals surface area contributed by atoms with Crippen molar-refractivity contribution in [3.63, 3.8) is 0 Å². The first-order valence-electron chi connectivity index (χ1n) is 12.0. The number of rotatable bonds is 7. The Morgan fingerprint density at radius 2 is 1.83 bits per heavy atom. The van der Waals surface area contributed by atoms with Crippen LogP contribution in [0.5, 0.6) is 5.75 Å². The molecule has 0 radical (unpaired) electrons. The van der Waals surface area contributed by atoms with Crippen LogP contribution < -0.4 is 10.3 Å². The zero-order chi connectivity index (χ0) is 24.4. The monoisotopic (exact) mass is 491 g/mol. The third kappa shape index (κ3) is 4.52. The predicted octanol–water partition coefficient (Wildman–Crippen LogP) is 3.98. The fourth-order valence-electron chi connectivity index (χ4n) is 4.87. The first kappa shape index (κ1) is 23.4. The van der Waals surface area contributed by atoms with Gasteiger partial charge in [0.05, 0.1) is 30.3 Å². The summed E-state index contributed by atoms with van der Waals surface area (Å²) in [6.45, 7) is 0.295. The Morgan fingerprint density at radius 3 is 2.63 bits per heavy atom. The van der Waals surface area contributed by atoms with Gasteiger partial charge in [0.25, 0.3) is 5.56 Å². The maximum Gasteiger partial charge on any atom is 0.263 e. The zero-order valence-electron chi connectivity index (χ0n) is 20.0. The number of ether oxygens (including phenoxy) is 1. The molecule has 0 bridgehead atoms. The molecule has 0 spiro atoms. The lowest BCUT2D eigenvalue weighted by molar-refractivity contribution is -0.129. The highest BCUT2D eigenvalue weighted by Gasteiger charge is 2.23. The molecule has 9 heteroatoms. The number of methoxy groups -OCH3 is 1. The average molecular weight is 492 g/mol. The summed E-state index contributed by atoms with van der Waals surface area (Å²) in [5.41, 5.74) is 1.45. The maximum atomic E-state index is 13.5. The van der Waals surface area contributed by atoms with Crippen molar-refractivity contribution in [2.24, 2.45) is 0 Å². The van der Waals surface area contributed by atoms with E-state index in [1.54, 1.807) is 11.7 Å². The number of carbonyl (C=O) groups is 1. The van der Waals surface area contributed by atoms with Gasteiger partial charge in [0.2, 0.25) is 11.7 Å². The molecule has 4 aromatic rings. The highest BCUT2D eigenvalue weighted by molar-refractivity contribution is 7.99. The zero-order valence-corrected chi connectivity index (χ0v) is 20.8. The van der Waals surface area contributed by atoms with E-state index >= 15 is 0 Å². The Hall–Kier alpha value is -3.33. The Balaban J connectivity index is 1.51. The lowest BCUT2D eigenvalue weighted by Crippen LogP contribution is -2.39. The summed E-state index contributed by atoms with van der Waals surface area (Å²) in [6, 6.07) is 15.4. The highest BCUT2D eigenvalue weighted by Crippen LogP contribution is 2.26. The Kier molecular flexibility index (Phi) is 6.77. The van der Waals surface area contributed by atoms with Crippen LogP contribution in [0.25, 0.3) is 16.7 Å². The summed E-state index contributed by atoms with van der Waals surface area (Å²) in [7, 11) is 3.52. The smallest absolute Gasteiger partial charge is 0.263 e. The molecule has 182 valence electrons. The minimum Gasteiger partial charge on any atom is -0.496 e. The second-order valence-electron chi connectivity index (χ2n) is 8.92. The summed E-state index contributed by atoms with van der Waals surface area (Å²) in [5.74, 6) is 1.50. The van der Waals surface area contributed by atoms with E-state index in [-0.39, 0.29) is 17.2 Å². The molecule has 35 heavy (non-hydrogen) atoms. The summed E-state index contributed by atoms with van der Waals surface area (Å²) >= 11 is 1.36. The lowest BCUT2D eigenvalue weighted by Gasteiger charge is -2.31. The summed E-state index contributed by atoms with van der Waals surface area (Å²) < 4.78 is 8.99. The second-order valence-corrected chi connectivity index (χ2v) is 9.87. The van der Waals surface area contributed by atoms with Crippen LogP contribution in [0.15, 0.2) is 58.5 Å². The van der Waals surface area contributed by atoms with Crippen molar-refractivity contribution in [1.29, 1.82) is 0 Å². The molecule has 0 N–H and O–H groups in total. The number of hydrogen-bond acceptors (Lipinski definition) is 6. The molecule has 1 amide bonds. The minimum atomic E-state index is -0.143. The molecular formula is C26H29N5O3S. The van der Waals surface area contributed by atoms with Gasteiger partial charge in [-0.25, -0.2) is 0 Å². The molecule has 1 fully saturated rings. The van der Waals surface area contributed by atoms with Crippen LogP contribution >= 0.6 is 11.8 Å². The van der Waals surface area contributed by atoms with Gasteiger partial charge in [-0.3, -0.25) is 18.6 Å². The molecule has 2 aromatic heterocycles. The van der Waals surface area contributed by atoms with Gasteiger partial charge in [-0.2, -0.15) is 0 Å². The van der Waals surface area contributed by atoms with Gasteiger partial charge >= 0.3 is 0 Å². The molecule has 0 unspecified atom stereocenters. The fraction of sp³-hybridized carbons (Fsp3) is 0.385. The fourth-order valence-corrected chi connectivity index (χ4v) is 5.74. The van der Waals surface area contributed by atoms with Gasteiger partial charge in [0, 0.05) is 18.7 Å². The number of fused-ring (bicyclic) bond motifs is 3. The summed E-state index contributed by atoms with van der Waals surface area (Å²) in [5, 5.41) is 9.94. The Bertz CT molecular complexity index is 1420. The van der Waals surface area contributed by atoms with Crippen molar-refractivity contribution < 1.29 is 9.53 Å². The minimum absolute atomic E-state index is 0.0882. The van der Waals surface area contributed by atoms with Crippen molar-refractivity contribution in [3.05, 3.63) is 64.4 Å². The van der Waals surface area contributed by atoms with Crippen LogP contribution in [0.3, 0.4) is 0 Å². The lowest BCUT2D eigenvalue weighted by atomic mass is 9.94. The number of thioether (sulfide) groups is 1. The summed E-state index contributed by atoms with van der Waals surface area (Å²) in [4.78, 5) is 28.3. The first-order valence-corrected chi connectivity index (χ1v) is 12.9. The largest absolute Gasteiger partial charge is 0.496 e. The Labute approximate surface area is 207 Å². The van der Waals surface area contributed by atoms with Crippen LogP contribution in [0.2, 0.25) is 0 Å². The van der Waals surface area contributed by atoms with Gasteiger partial charge in [-0.1, -0.05) is 61.4 Å². The van der Waals surface area contributed by atoms with E-state index in [0.29, 0.717) is 34.7 Å². The number of carbonyl (C=O) groups excluding carboxylic acids is 1. The first-order chi connectivity index (χ1) is 17.1. The van der Waals surface area contributed by atoms with Gasteiger partial charge < -0.3 is 9.64 Å². The van der Waals surface area contributed by atoms with Crippen molar-refractivity contribution in [2.75, 3.05) is 19.9 Å². The van der Waals surface area contributed by atoms with E-state index in [0.717, 1.165) is 23.9 Å². The Morgan fingerprint density at radius 1 is 1.09 bits per heavy atom. The molecule has 0 saturated heterocycles. The third-order valence-electron chi connectivity index (χ3n) is 6.84. The van der Waals surface area contributed by atoms with Gasteiger partial charge in [0.1, 0.15) is 5.75 Å². The van der Waals surface area contributed by atoms with Crippen molar-refractivity contribution in [3.8, 4) is 5.75 Å². The van der Waals surface area contributed by atoms with E-state index in [2.05, 4.69) is 10.2 Å². The quantitative estimate of drug-likeness (QED) is 0.364. The van der Waals surface area contributed by atoms with Crippen molar-refractivity contribution >= 4 is 34.3 Å². The number of para-hydroxylation sites is 2. The molecule has 0 aliphatic heterocycles. The molecule has 2 aromatic carbocycles. The van der Waals surface area contributed by atoms with Crippen LogP contribution in [0.4, 0.5) is 0 Å². The van der Waals surface area contributed by atoms with Crippen LogP contribution in [0, 0.1) is 0 Å². The summed E-state index contributed by atoms with van der Waals surface area (Å²) in [6.07, 6.45) is 5.75. The number of benzene rings is 2. The van der Waals surface area contributed by atoms with Crippen LogP contribution in [-0.4, -0.2) is 55.9 Å². The average Bonchev–Trinajstić information content (AvgIpc) is 3.34. The van der Waals surface area contributed by atoms with E-state index in [4.69, 9.17) is 4.74 Å². The predicted molar refractivity (Wildman–Crippen MR) is 137 cm³/mol. The molecule has 1 aliphatic carbocycles. The van der Waals surface area contributed by atoms with Crippen LogP contribution in [0.1, 0.15) is 37.7 Å². The number of nitrogens with zero attached hydrogens (tertiary/aromatic N) is 5. The standard InChI is InChI=1S/C26H29N5O3S/c1-29(19-11-4-3-5-12-19)23(32)17-35-26-28-27-25-30(16-18-10-6-9-15-22(18)34-2)24(33)20-13-7-8-14-21(20)31(25)26/h6-10,13-15,19H,3-5,11-12,16-17H2,1-2H3. The van der Waals surface area contributed by atoms with E-state index in [1.807, 2.05) is 64.9 Å². The van der Waals surface area contributed by atoms with E-state index in [9.17, 15) is 9.59 Å². The molecule has 2 heterocycles. The molecule has 0 atom stereocenters. The number of hydrogen-bond donors (Lipinski definition) is 0. The van der Waals surface area contributed by atoms with E-state index in [1.165, 1.54) is 31.0 Å². The molecular weight excluding hydrogens is 462 g/mol. The van der Waals surface area contributed by atoms with Gasteiger partial charge in [-0.05, 0) is 31.0 Å². The van der Waals surface area contributed by atoms with Crippen molar-refractivity contribution in [2.45, 2.75) is 49.8 Å². The normalized spacial score (nSPS) is 14.5. The number of aromatic nitrogens is 4. The maximum absolute atomic E-state index is 13.5. The van der Waals surface area contributed by atoms with Crippen LogP contribution in [-0.2, 0) is 11.3 Å². The molecule has 5 rings (SSSR count). The highest BCUT2D eigenvalue weighted by atomic mass is 32.2. The van der Waals surface area contributed by atoms with Gasteiger partial charge in [0.15, 0.2) is 5.16 Å². The third-order valence-corrected chi connectivity index (χ3v) is 7.75. The second kappa shape index (κ2) is 10.1. The van der Waals surface area contributed by atoms with Gasteiger partial charge in [-0.15, -0.1) is 10.2 Å². The topological polar surface area (TPSA) is 81.7 Å². The molecule has 1 saturated carbocycles. The molecule has 8 nitrogen and oxygen atoms in total. The van der Waals surface area contributed by atoms with E-state index < -0.39 is 0 Å².